The maximum absolute atomic E-state index is 13.4. The smallest absolute Gasteiger partial charge is 0.238 e. The van der Waals surface area contributed by atoms with Crippen molar-refractivity contribution in [2.75, 3.05) is 18.4 Å². The van der Waals surface area contributed by atoms with Crippen LogP contribution in [0.4, 0.5) is 5.82 Å². The second-order valence-corrected chi connectivity index (χ2v) is 10.8. The van der Waals surface area contributed by atoms with Crippen molar-refractivity contribution in [3.8, 4) is 0 Å². The number of nitrogens with zero attached hydrogens (tertiary/aromatic N) is 6. The quantitative estimate of drug-likeness (QED) is 0.422. The highest BCUT2D eigenvalue weighted by molar-refractivity contribution is 6.04. The van der Waals surface area contributed by atoms with E-state index in [1.807, 2.05) is 17.3 Å². The summed E-state index contributed by atoms with van der Waals surface area (Å²) in [5, 5.41) is 11.4. The molecule has 1 spiro atoms. The zero-order valence-electron chi connectivity index (χ0n) is 22.2. The third kappa shape index (κ3) is 3.77. The lowest BCUT2D eigenvalue weighted by Gasteiger charge is -2.37. The predicted octanol–water partition coefficient (Wildman–Crippen LogP) is 3.53. The number of imidazole rings is 1. The molecule has 2 amide bonds. The Morgan fingerprint density at radius 3 is 2.63 bits per heavy atom. The van der Waals surface area contributed by atoms with Gasteiger partial charge in [-0.1, -0.05) is 13.0 Å². The highest BCUT2D eigenvalue weighted by Gasteiger charge is 2.51. The second-order valence-electron chi connectivity index (χ2n) is 10.8. The second kappa shape index (κ2) is 9.04. The number of nitrogens with one attached hydrogen (secondary N) is 2. The number of aromatic amines is 1. The van der Waals surface area contributed by atoms with E-state index >= 15 is 0 Å². The molecular weight excluding hydrogens is 480 g/mol. The SMILES string of the molecule is Cc1cc(C)c2[nH]ncc2c1Cn1c(C)cnc1C(C)CC(=O)N1CCC2(CC1)C(=O)Nc1nccnc12. The van der Waals surface area contributed by atoms with E-state index in [1.165, 1.54) is 16.7 Å². The number of fused-ring (bicyclic) bond motifs is 3. The number of amides is 2. The summed E-state index contributed by atoms with van der Waals surface area (Å²) in [6.07, 6.45) is 8.44. The first-order chi connectivity index (χ1) is 18.3. The van der Waals surface area contributed by atoms with Gasteiger partial charge in [-0.3, -0.25) is 19.7 Å². The van der Waals surface area contributed by atoms with Crippen LogP contribution in [-0.2, 0) is 21.5 Å². The molecule has 0 saturated carbocycles. The van der Waals surface area contributed by atoms with Gasteiger partial charge >= 0.3 is 0 Å². The van der Waals surface area contributed by atoms with Crippen molar-refractivity contribution in [1.82, 2.24) is 34.6 Å². The zero-order chi connectivity index (χ0) is 26.6. The average molecular weight is 513 g/mol. The van der Waals surface area contributed by atoms with Crippen LogP contribution >= 0.6 is 0 Å². The van der Waals surface area contributed by atoms with Gasteiger partial charge in [0, 0.05) is 61.6 Å². The number of hydrogen-bond donors (Lipinski definition) is 2. The van der Waals surface area contributed by atoms with Crippen LogP contribution in [0.15, 0.2) is 30.9 Å². The summed E-state index contributed by atoms with van der Waals surface area (Å²) < 4.78 is 2.21. The van der Waals surface area contributed by atoms with Crippen LogP contribution in [0.25, 0.3) is 10.9 Å². The summed E-state index contributed by atoms with van der Waals surface area (Å²) >= 11 is 0. The van der Waals surface area contributed by atoms with E-state index in [4.69, 9.17) is 4.98 Å². The summed E-state index contributed by atoms with van der Waals surface area (Å²) in [6, 6.07) is 2.19. The van der Waals surface area contributed by atoms with Gasteiger partial charge in [-0.05, 0) is 50.3 Å². The monoisotopic (exact) mass is 512 g/mol. The predicted molar refractivity (Wildman–Crippen MR) is 143 cm³/mol. The van der Waals surface area contributed by atoms with E-state index in [-0.39, 0.29) is 17.7 Å². The van der Waals surface area contributed by atoms with Gasteiger partial charge in [-0.25, -0.2) is 9.97 Å². The molecule has 6 rings (SSSR count). The van der Waals surface area contributed by atoms with Crippen molar-refractivity contribution in [1.29, 1.82) is 0 Å². The topological polar surface area (TPSA) is 122 Å². The Bertz CT molecular complexity index is 1560. The van der Waals surface area contributed by atoms with Crippen LogP contribution in [0.3, 0.4) is 0 Å². The van der Waals surface area contributed by atoms with Gasteiger partial charge in [-0.15, -0.1) is 0 Å². The number of hydrogen-bond acceptors (Lipinski definition) is 6. The fourth-order valence-electron chi connectivity index (χ4n) is 6.16. The van der Waals surface area contributed by atoms with E-state index in [0.717, 1.165) is 22.4 Å². The van der Waals surface area contributed by atoms with E-state index < -0.39 is 5.41 Å². The van der Waals surface area contributed by atoms with Gasteiger partial charge in [0.1, 0.15) is 5.82 Å². The Balaban J connectivity index is 1.17. The maximum Gasteiger partial charge on any atom is 0.238 e. The fraction of sp³-hybridized carbons (Fsp3) is 0.429. The molecule has 0 radical (unpaired) electrons. The molecule has 3 aromatic heterocycles. The number of aromatic nitrogens is 6. The summed E-state index contributed by atoms with van der Waals surface area (Å²) in [5.74, 6) is 1.42. The molecule has 196 valence electrons. The minimum atomic E-state index is -0.691. The molecule has 1 atom stereocenters. The molecule has 1 saturated heterocycles. The van der Waals surface area contributed by atoms with Crippen molar-refractivity contribution in [3.63, 3.8) is 0 Å². The van der Waals surface area contributed by atoms with Crippen LogP contribution in [0.1, 0.15) is 66.0 Å². The molecule has 5 heterocycles. The number of likely N-dealkylation sites (tertiary alicyclic amines) is 1. The molecule has 1 fully saturated rings. The maximum atomic E-state index is 13.4. The van der Waals surface area contributed by atoms with Crippen molar-refractivity contribution in [2.24, 2.45) is 0 Å². The van der Waals surface area contributed by atoms with Crippen molar-refractivity contribution < 1.29 is 9.59 Å². The van der Waals surface area contributed by atoms with Crippen molar-refractivity contribution >= 4 is 28.5 Å². The lowest BCUT2D eigenvalue weighted by Crippen LogP contribution is -2.48. The highest BCUT2D eigenvalue weighted by Crippen LogP contribution is 2.42. The van der Waals surface area contributed by atoms with E-state index in [2.05, 4.69) is 63.8 Å². The summed E-state index contributed by atoms with van der Waals surface area (Å²) in [5.41, 5.74) is 5.73. The Kier molecular flexibility index (Phi) is 5.77. The number of carbonyl (C=O) groups excluding carboxylic acids is 2. The minimum Gasteiger partial charge on any atom is -0.343 e. The zero-order valence-corrected chi connectivity index (χ0v) is 22.2. The normalized spacial score (nSPS) is 17.2. The van der Waals surface area contributed by atoms with Gasteiger partial charge in [0.05, 0.1) is 22.8 Å². The Morgan fingerprint density at radius 1 is 1.08 bits per heavy atom. The van der Waals surface area contributed by atoms with E-state index in [9.17, 15) is 9.59 Å². The first-order valence-corrected chi connectivity index (χ1v) is 13.1. The first-order valence-electron chi connectivity index (χ1n) is 13.1. The standard InChI is InChI=1S/C28H32N8O2/c1-16-11-17(2)23-20(14-32-34-23)21(16)15-36-19(4)13-31-26(36)18(3)12-22(37)35-9-5-28(6-10-35)24-25(33-27(28)38)30-8-7-29-24/h7-8,11,13-14,18H,5-6,9-10,12,15H2,1-4H3,(H,32,34)(H,30,33,38). The number of benzene rings is 1. The number of anilines is 1. The molecule has 10 heteroatoms. The van der Waals surface area contributed by atoms with Gasteiger partial charge in [0.15, 0.2) is 5.82 Å². The molecule has 1 aromatic carbocycles. The summed E-state index contributed by atoms with van der Waals surface area (Å²) in [7, 11) is 0. The van der Waals surface area contributed by atoms with Crippen LogP contribution in [0, 0.1) is 20.8 Å². The number of piperidine rings is 1. The van der Waals surface area contributed by atoms with E-state index in [0.29, 0.717) is 50.4 Å². The molecule has 1 unspecified atom stereocenters. The van der Waals surface area contributed by atoms with Crippen LogP contribution in [0.2, 0.25) is 0 Å². The molecular formula is C28H32N8O2. The third-order valence-electron chi connectivity index (χ3n) is 8.38. The first kappa shape index (κ1) is 24.3. The van der Waals surface area contributed by atoms with Gasteiger partial charge < -0.3 is 14.8 Å². The lowest BCUT2D eigenvalue weighted by molar-refractivity contribution is -0.135. The Morgan fingerprint density at radius 2 is 1.84 bits per heavy atom. The van der Waals surface area contributed by atoms with Gasteiger partial charge in [0.2, 0.25) is 11.8 Å². The lowest BCUT2D eigenvalue weighted by atomic mass is 9.76. The Hall–Kier alpha value is -4.08. The molecule has 38 heavy (non-hydrogen) atoms. The molecule has 0 bridgehead atoms. The average Bonchev–Trinajstić information content (AvgIpc) is 3.60. The molecule has 2 aliphatic heterocycles. The number of carbonyl (C=O) groups is 2. The summed E-state index contributed by atoms with van der Waals surface area (Å²) in [6.45, 7) is 10.0. The number of rotatable bonds is 5. The summed E-state index contributed by atoms with van der Waals surface area (Å²) in [4.78, 5) is 41.5. The van der Waals surface area contributed by atoms with Crippen molar-refractivity contribution in [2.45, 2.75) is 64.8 Å². The molecule has 10 nitrogen and oxygen atoms in total. The molecule has 0 aliphatic carbocycles. The minimum absolute atomic E-state index is 0.0564. The third-order valence-corrected chi connectivity index (χ3v) is 8.38. The van der Waals surface area contributed by atoms with Crippen LogP contribution in [0.5, 0.6) is 0 Å². The van der Waals surface area contributed by atoms with Crippen LogP contribution < -0.4 is 5.32 Å². The largest absolute Gasteiger partial charge is 0.343 e. The van der Waals surface area contributed by atoms with Gasteiger partial charge in [0.25, 0.3) is 0 Å². The molecule has 2 aliphatic rings. The molecule has 4 aromatic rings. The highest BCUT2D eigenvalue weighted by atomic mass is 16.2. The fourth-order valence-corrected chi connectivity index (χ4v) is 6.16. The Labute approximate surface area is 220 Å². The molecule has 2 N–H and O–H groups in total. The number of aryl methyl sites for hydroxylation is 3. The number of H-pyrrole nitrogens is 1. The van der Waals surface area contributed by atoms with Crippen molar-refractivity contribution in [3.05, 3.63) is 64.8 Å². The van der Waals surface area contributed by atoms with Crippen LogP contribution in [-0.4, -0.2) is 59.5 Å². The van der Waals surface area contributed by atoms with Gasteiger partial charge in [-0.2, -0.15) is 5.10 Å². The van der Waals surface area contributed by atoms with E-state index in [1.54, 1.807) is 12.4 Å².